The molecule has 1 aromatic carbocycles. The Labute approximate surface area is 103 Å². The summed E-state index contributed by atoms with van der Waals surface area (Å²) in [5.41, 5.74) is 2.88. The highest BCUT2D eigenvalue weighted by Crippen LogP contribution is 2.26. The van der Waals surface area contributed by atoms with E-state index in [2.05, 4.69) is 21.2 Å². The molecule has 4 heteroatoms. The second kappa shape index (κ2) is 4.29. The highest BCUT2D eigenvalue weighted by atomic mass is 79.9. The van der Waals surface area contributed by atoms with Crippen molar-refractivity contribution in [1.82, 2.24) is 10.2 Å². The van der Waals surface area contributed by atoms with Gasteiger partial charge in [-0.25, -0.2) is 0 Å². The number of carbonyl (C=O) groups excluding carboxylic acids is 1. The Balaban J connectivity index is 2.52. The van der Waals surface area contributed by atoms with Crippen molar-refractivity contribution in [2.45, 2.75) is 6.54 Å². The highest BCUT2D eigenvalue weighted by molar-refractivity contribution is 9.10. The van der Waals surface area contributed by atoms with Gasteiger partial charge in [-0.05, 0) is 23.3 Å². The number of nitrogens with zero attached hydrogens (tertiary/aromatic N) is 1. The number of nitrogens with one attached hydrogen (secondary N) is 1. The van der Waals surface area contributed by atoms with Gasteiger partial charge in [-0.2, -0.15) is 0 Å². The molecule has 3 nitrogen and oxygen atoms in total. The van der Waals surface area contributed by atoms with Crippen LogP contribution in [0.3, 0.4) is 0 Å². The van der Waals surface area contributed by atoms with Crippen LogP contribution >= 0.6 is 15.9 Å². The largest absolute Gasteiger partial charge is 0.383 e. The molecule has 0 spiro atoms. The molecule has 16 heavy (non-hydrogen) atoms. The second-order valence-corrected chi connectivity index (χ2v) is 4.91. The maximum absolute atomic E-state index is 11.8. The number of halogens is 1. The van der Waals surface area contributed by atoms with Crippen LogP contribution in [-0.2, 0) is 11.3 Å². The molecule has 1 heterocycles. The minimum absolute atomic E-state index is 0.0106. The van der Waals surface area contributed by atoms with E-state index in [0.29, 0.717) is 6.54 Å². The van der Waals surface area contributed by atoms with E-state index in [9.17, 15) is 4.79 Å². The normalized spacial score (nSPS) is 16.9. The summed E-state index contributed by atoms with van der Waals surface area (Å²) in [7, 11) is 3.82. The van der Waals surface area contributed by atoms with Gasteiger partial charge in [-0.3, -0.25) is 4.79 Å². The fraction of sp³-hybridized carbons (Fsp3) is 0.250. The smallest absolute Gasteiger partial charge is 0.253 e. The number of carbonyl (C=O) groups is 1. The van der Waals surface area contributed by atoms with E-state index in [1.54, 1.807) is 0 Å². The molecule has 1 aliphatic heterocycles. The first-order valence-corrected chi connectivity index (χ1v) is 5.82. The number of amides is 1. The predicted molar refractivity (Wildman–Crippen MR) is 67.7 cm³/mol. The Bertz CT molecular complexity index is 466. The molecule has 0 unspecified atom stereocenters. The zero-order valence-electron chi connectivity index (χ0n) is 9.25. The van der Waals surface area contributed by atoms with Crippen LogP contribution in [0.5, 0.6) is 0 Å². The fourth-order valence-corrected chi connectivity index (χ4v) is 2.16. The van der Waals surface area contributed by atoms with E-state index in [-0.39, 0.29) is 5.91 Å². The molecular formula is C12H13BrN2O. The van der Waals surface area contributed by atoms with Crippen molar-refractivity contribution in [3.05, 3.63) is 40.0 Å². The highest BCUT2D eigenvalue weighted by Gasteiger charge is 2.21. The molecule has 1 aromatic rings. The first-order chi connectivity index (χ1) is 7.58. The summed E-state index contributed by atoms with van der Waals surface area (Å²) in [4.78, 5) is 13.6. The molecule has 0 aliphatic carbocycles. The summed E-state index contributed by atoms with van der Waals surface area (Å²) in [5, 5.41) is 2.87. The van der Waals surface area contributed by atoms with Crippen LogP contribution in [0, 0.1) is 0 Å². The Morgan fingerprint density at radius 3 is 2.88 bits per heavy atom. The summed E-state index contributed by atoms with van der Waals surface area (Å²) in [6, 6.07) is 5.98. The molecule has 0 fully saturated rings. The number of hydrogen-bond donors (Lipinski definition) is 1. The van der Waals surface area contributed by atoms with Crippen molar-refractivity contribution < 1.29 is 4.79 Å². The predicted octanol–water partition coefficient (Wildman–Crippen LogP) is 1.98. The SMILES string of the molecule is CN(C)/C=C1/C(=O)NCc2cc(Br)ccc21. The van der Waals surface area contributed by atoms with Crippen molar-refractivity contribution in [3.8, 4) is 0 Å². The topological polar surface area (TPSA) is 32.3 Å². The second-order valence-electron chi connectivity index (χ2n) is 3.99. The van der Waals surface area contributed by atoms with Crippen molar-refractivity contribution in [1.29, 1.82) is 0 Å². The molecule has 1 aliphatic rings. The van der Waals surface area contributed by atoms with Gasteiger partial charge in [0.15, 0.2) is 0 Å². The summed E-state index contributed by atoms with van der Waals surface area (Å²) < 4.78 is 1.03. The molecular weight excluding hydrogens is 268 g/mol. The number of fused-ring (bicyclic) bond motifs is 1. The van der Waals surface area contributed by atoms with Gasteiger partial charge in [-0.15, -0.1) is 0 Å². The van der Waals surface area contributed by atoms with Crippen LogP contribution in [0.4, 0.5) is 0 Å². The van der Waals surface area contributed by atoms with Gasteiger partial charge in [0.05, 0.1) is 5.57 Å². The standard InChI is InChI=1S/C12H13BrN2O/c1-15(2)7-11-10-4-3-9(13)5-8(10)6-14-12(11)16/h3-5,7H,6H2,1-2H3,(H,14,16)/b11-7+. The number of benzene rings is 1. The summed E-state index contributed by atoms with van der Waals surface area (Å²) in [6.45, 7) is 0.596. The van der Waals surface area contributed by atoms with Gasteiger partial charge in [-0.1, -0.05) is 22.0 Å². The lowest BCUT2D eigenvalue weighted by atomic mass is 9.96. The van der Waals surface area contributed by atoms with Crippen molar-refractivity contribution in [2.24, 2.45) is 0 Å². The van der Waals surface area contributed by atoms with Crippen LogP contribution in [0.1, 0.15) is 11.1 Å². The van der Waals surface area contributed by atoms with Gasteiger partial charge in [0.25, 0.3) is 5.91 Å². The quantitative estimate of drug-likeness (QED) is 0.798. The van der Waals surface area contributed by atoms with Crippen LogP contribution in [0.15, 0.2) is 28.9 Å². The molecule has 84 valence electrons. The number of rotatable bonds is 1. The maximum atomic E-state index is 11.8. The third-order valence-corrected chi connectivity index (χ3v) is 2.92. The van der Waals surface area contributed by atoms with Gasteiger partial charge < -0.3 is 10.2 Å². The zero-order valence-corrected chi connectivity index (χ0v) is 10.8. The zero-order chi connectivity index (χ0) is 11.7. The molecule has 0 bridgehead atoms. The molecule has 1 amide bonds. The maximum Gasteiger partial charge on any atom is 0.253 e. The van der Waals surface area contributed by atoms with E-state index in [0.717, 1.165) is 21.2 Å². The van der Waals surface area contributed by atoms with Gasteiger partial charge in [0.2, 0.25) is 0 Å². The van der Waals surface area contributed by atoms with Crippen molar-refractivity contribution >= 4 is 27.4 Å². The first kappa shape index (κ1) is 11.2. The van der Waals surface area contributed by atoms with Crippen LogP contribution in [-0.4, -0.2) is 24.9 Å². The average Bonchev–Trinajstić information content (AvgIpc) is 2.22. The average molecular weight is 281 g/mol. The molecule has 0 radical (unpaired) electrons. The fourth-order valence-electron chi connectivity index (χ4n) is 1.75. The van der Waals surface area contributed by atoms with Crippen molar-refractivity contribution in [2.75, 3.05) is 14.1 Å². The van der Waals surface area contributed by atoms with Gasteiger partial charge >= 0.3 is 0 Å². The van der Waals surface area contributed by atoms with Crippen LogP contribution in [0.2, 0.25) is 0 Å². The third kappa shape index (κ3) is 2.11. The Kier molecular flexibility index (Phi) is 3.01. The van der Waals surface area contributed by atoms with E-state index < -0.39 is 0 Å². The first-order valence-electron chi connectivity index (χ1n) is 5.03. The Morgan fingerprint density at radius 2 is 2.19 bits per heavy atom. The van der Waals surface area contributed by atoms with Crippen LogP contribution < -0.4 is 5.32 Å². The lowest BCUT2D eigenvalue weighted by Crippen LogP contribution is -2.30. The lowest BCUT2D eigenvalue weighted by molar-refractivity contribution is -0.116. The molecule has 0 atom stereocenters. The third-order valence-electron chi connectivity index (χ3n) is 2.43. The van der Waals surface area contributed by atoms with E-state index in [4.69, 9.17) is 0 Å². The van der Waals surface area contributed by atoms with E-state index >= 15 is 0 Å². The molecule has 2 rings (SSSR count). The molecule has 1 N–H and O–H groups in total. The van der Waals surface area contributed by atoms with Gasteiger partial charge in [0.1, 0.15) is 0 Å². The lowest BCUT2D eigenvalue weighted by Gasteiger charge is -2.21. The Hall–Kier alpha value is -1.29. The minimum Gasteiger partial charge on any atom is -0.383 e. The van der Waals surface area contributed by atoms with E-state index in [1.807, 2.05) is 43.4 Å². The van der Waals surface area contributed by atoms with Crippen LogP contribution in [0.25, 0.3) is 5.57 Å². The molecule has 0 aromatic heterocycles. The van der Waals surface area contributed by atoms with Gasteiger partial charge in [0, 0.05) is 31.3 Å². The molecule has 0 saturated carbocycles. The summed E-state index contributed by atoms with van der Waals surface area (Å²) >= 11 is 3.43. The number of hydrogen-bond acceptors (Lipinski definition) is 2. The molecule has 0 saturated heterocycles. The minimum atomic E-state index is -0.0106. The summed E-state index contributed by atoms with van der Waals surface area (Å²) in [5.74, 6) is -0.0106. The van der Waals surface area contributed by atoms with E-state index in [1.165, 1.54) is 0 Å². The van der Waals surface area contributed by atoms with Crippen molar-refractivity contribution in [3.63, 3.8) is 0 Å². The Morgan fingerprint density at radius 1 is 1.44 bits per heavy atom. The monoisotopic (exact) mass is 280 g/mol. The summed E-state index contributed by atoms with van der Waals surface area (Å²) in [6.07, 6.45) is 1.85.